The lowest BCUT2D eigenvalue weighted by Gasteiger charge is -2.11. The molecule has 3 rings (SSSR count). The quantitative estimate of drug-likeness (QED) is 0.483. The fourth-order valence-electron chi connectivity index (χ4n) is 2.35. The van der Waals surface area contributed by atoms with Crippen molar-refractivity contribution in [2.45, 2.75) is 23.8 Å². The van der Waals surface area contributed by atoms with Crippen LogP contribution in [0.4, 0.5) is 5.00 Å². The van der Waals surface area contributed by atoms with Crippen LogP contribution in [0.2, 0.25) is 10.0 Å². The second kappa shape index (κ2) is 8.90. The highest BCUT2D eigenvalue weighted by atomic mass is 35.5. The van der Waals surface area contributed by atoms with Crippen molar-refractivity contribution in [3.05, 3.63) is 44.8 Å². The molecule has 1 fully saturated rings. The Hall–Kier alpha value is -2.18. The predicted octanol–water partition coefficient (Wildman–Crippen LogP) is 2.39. The number of hydrogen-bond acceptors (Lipinski definition) is 7. The van der Waals surface area contributed by atoms with E-state index in [9.17, 15) is 22.8 Å². The number of thiophene rings is 1. The zero-order valence-electron chi connectivity index (χ0n) is 15.1. The van der Waals surface area contributed by atoms with Gasteiger partial charge in [-0.05, 0) is 36.4 Å². The minimum Gasteiger partial charge on any atom is -0.452 e. The van der Waals surface area contributed by atoms with Gasteiger partial charge in [0.1, 0.15) is 9.90 Å². The van der Waals surface area contributed by atoms with Gasteiger partial charge in [-0.15, -0.1) is 11.3 Å². The van der Waals surface area contributed by atoms with Crippen molar-refractivity contribution in [2.75, 3.05) is 11.9 Å². The number of sulfonamides is 1. The molecule has 13 heteroatoms. The van der Waals surface area contributed by atoms with Gasteiger partial charge >= 0.3 is 5.97 Å². The van der Waals surface area contributed by atoms with Crippen LogP contribution in [0.5, 0.6) is 0 Å². The SMILES string of the molecule is NC(=O)c1ccsc1NC(=O)COC(=O)c1cc(S(=O)(=O)NC2CC2)c(Cl)cc1Cl. The van der Waals surface area contributed by atoms with Crippen LogP contribution < -0.4 is 15.8 Å². The van der Waals surface area contributed by atoms with E-state index in [0.29, 0.717) is 0 Å². The standard InChI is InChI=1S/C17H15Cl2N3O6S2/c18-11-6-12(19)13(30(26,27)22-8-1-2-8)5-10(11)17(25)28-7-14(23)21-16-9(15(20)24)3-4-29-16/h3-6,8,22H,1-2,7H2,(H2,20,24)(H,21,23). The summed E-state index contributed by atoms with van der Waals surface area (Å²) in [5.41, 5.74) is 5.06. The second-order valence-electron chi connectivity index (χ2n) is 6.31. The van der Waals surface area contributed by atoms with E-state index in [2.05, 4.69) is 10.0 Å². The van der Waals surface area contributed by atoms with Crippen molar-refractivity contribution in [1.82, 2.24) is 4.72 Å². The molecule has 2 aromatic rings. The second-order valence-corrected chi connectivity index (χ2v) is 9.72. The largest absolute Gasteiger partial charge is 0.452 e. The normalized spacial score (nSPS) is 13.7. The maximum atomic E-state index is 12.4. The summed E-state index contributed by atoms with van der Waals surface area (Å²) in [6.07, 6.45) is 1.44. The first-order valence-corrected chi connectivity index (χ1v) is 11.6. The van der Waals surface area contributed by atoms with Gasteiger partial charge in [0.25, 0.3) is 11.8 Å². The Bertz CT molecular complexity index is 1130. The molecule has 0 unspecified atom stereocenters. The summed E-state index contributed by atoms with van der Waals surface area (Å²) in [7, 11) is -3.95. The molecule has 1 aromatic heterocycles. The van der Waals surface area contributed by atoms with E-state index in [1.54, 1.807) is 5.38 Å². The number of amides is 2. The van der Waals surface area contributed by atoms with Gasteiger partial charge in [-0.25, -0.2) is 17.9 Å². The Morgan fingerprint density at radius 1 is 1.17 bits per heavy atom. The van der Waals surface area contributed by atoms with Crippen LogP contribution >= 0.6 is 34.5 Å². The first-order chi connectivity index (χ1) is 14.1. The average molecular weight is 492 g/mol. The number of benzene rings is 1. The van der Waals surface area contributed by atoms with Crippen LogP contribution in [0, 0.1) is 0 Å². The van der Waals surface area contributed by atoms with Crippen LogP contribution in [0.25, 0.3) is 0 Å². The number of carbonyl (C=O) groups is 3. The number of carbonyl (C=O) groups excluding carboxylic acids is 3. The van der Waals surface area contributed by atoms with Crippen LogP contribution in [0.15, 0.2) is 28.5 Å². The Morgan fingerprint density at radius 2 is 1.87 bits per heavy atom. The molecule has 1 heterocycles. The van der Waals surface area contributed by atoms with Gasteiger partial charge in [-0.2, -0.15) is 0 Å². The molecule has 30 heavy (non-hydrogen) atoms. The highest BCUT2D eigenvalue weighted by Crippen LogP contribution is 2.31. The number of anilines is 1. The summed E-state index contributed by atoms with van der Waals surface area (Å²) >= 11 is 13.1. The lowest BCUT2D eigenvalue weighted by atomic mass is 10.2. The molecular weight excluding hydrogens is 477 g/mol. The third-order valence-electron chi connectivity index (χ3n) is 3.95. The summed E-state index contributed by atoms with van der Waals surface area (Å²) in [6.45, 7) is -0.698. The van der Waals surface area contributed by atoms with E-state index < -0.39 is 34.4 Å². The molecule has 2 amide bonds. The third-order valence-corrected chi connectivity index (χ3v) is 7.08. The molecule has 4 N–H and O–H groups in total. The first-order valence-electron chi connectivity index (χ1n) is 8.44. The predicted molar refractivity (Wildman–Crippen MR) is 112 cm³/mol. The minimum atomic E-state index is -3.95. The molecule has 160 valence electrons. The molecule has 0 atom stereocenters. The molecule has 9 nitrogen and oxygen atoms in total. The highest BCUT2D eigenvalue weighted by molar-refractivity contribution is 7.89. The van der Waals surface area contributed by atoms with E-state index in [0.717, 1.165) is 36.3 Å². The number of nitrogens with two attached hydrogens (primary N) is 1. The number of rotatable bonds is 8. The van der Waals surface area contributed by atoms with Crippen molar-refractivity contribution in [3.8, 4) is 0 Å². The maximum absolute atomic E-state index is 12.4. The zero-order chi connectivity index (χ0) is 22.1. The van der Waals surface area contributed by atoms with Gasteiger partial charge < -0.3 is 15.8 Å². The molecule has 1 saturated carbocycles. The van der Waals surface area contributed by atoms with Crippen LogP contribution in [-0.2, 0) is 19.6 Å². The van der Waals surface area contributed by atoms with Crippen molar-refractivity contribution < 1.29 is 27.5 Å². The zero-order valence-corrected chi connectivity index (χ0v) is 18.3. The van der Waals surface area contributed by atoms with Crippen LogP contribution in [-0.4, -0.2) is 38.9 Å². The van der Waals surface area contributed by atoms with E-state index in [1.807, 2.05) is 0 Å². The molecule has 0 spiro atoms. The molecule has 0 radical (unpaired) electrons. The fourth-order valence-corrected chi connectivity index (χ4v) is 5.31. The number of esters is 1. The number of hydrogen-bond donors (Lipinski definition) is 3. The Kier molecular flexibility index (Phi) is 6.68. The van der Waals surface area contributed by atoms with Crippen molar-refractivity contribution in [3.63, 3.8) is 0 Å². The highest BCUT2D eigenvalue weighted by Gasteiger charge is 2.30. The smallest absolute Gasteiger partial charge is 0.340 e. The molecule has 1 aliphatic carbocycles. The van der Waals surface area contributed by atoms with Crippen LogP contribution in [0.1, 0.15) is 33.6 Å². The maximum Gasteiger partial charge on any atom is 0.340 e. The Morgan fingerprint density at radius 3 is 2.50 bits per heavy atom. The minimum absolute atomic E-state index is 0.124. The molecule has 1 aromatic carbocycles. The summed E-state index contributed by atoms with van der Waals surface area (Å²) in [5, 5.41) is 3.90. The Labute approximate surface area is 185 Å². The molecule has 0 saturated heterocycles. The topological polar surface area (TPSA) is 145 Å². The molecule has 0 bridgehead atoms. The van der Waals surface area contributed by atoms with Gasteiger partial charge in [0.2, 0.25) is 10.0 Å². The van der Waals surface area contributed by atoms with Gasteiger partial charge in [0, 0.05) is 6.04 Å². The Balaban J connectivity index is 1.70. The van der Waals surface area contributed by atoms with Crippen LogP contribution in [0.3, 0.4) is 0 Å². The van der Waals surface area contributed by atoms with Crippen molar-refractivity contribution in [2.24, 2.45) is 5.73 Å². The van der Waals surface area contributed by atoms with Gasteiger partial charge in [0.05, 0.1) is 21.2 Å². The number of primary amides is 1. The van der Waals surface area contributed by atoms with Gasteiger partial charge in [0.15, 0.2) is 6.61 Å². The summed E-state index contributed by atoms with van der Waals surface area (Å²) in [4.78, 5) is 35.3. The van der Waals surface area contributed by atoms with E-state index in [-0.39, 0.29) is 37.1 Å². The lowest BCUT2D eigenvalue weighted by molar-refractivity contribution is -0.119. The van der Waals surface area contributed by atoms with E-state index in [1.165, 1.54) is 6.07 Å². The summed E-state index contributed by atoms with van der Waals surface area (Å²) in [6, 6.07) is 3.40. The number of ether oxygens (including phenoxy) is 1. The van der Waals surface area contributed by atoms with Crippen molar-refractivity contribution in [1.29, 1.82) is 0 Å². The number of halogens is 2. The monoisotopic (exact) mass is 491 g/mol. The van der Waals surface area contributed by atoms with Crippen molar-refractivity contribution >= 4 is 67.3 Å². The average Bonchev–Trinajstić information content (AvgIpc) is 3.32. The third kappa shape index (κ3) is 5.29. The van der Waals surface area contributed by atoms with E-state index in [4.69, 9.17) is 33.7 Å². The molecule has 1 aliphatic rings. The summed E-state index contributed by atoms with van der Waals surface area (Å²) < 4.78 is 32.2. The van der Waals surface area contributed by atoms with Gasteiger partial charge in [-0.3, -0.25) is 9.59 Å². The molecule has 0 aliphatic heterocycles. The first kappa shape index (κ1) is 22.5. The molecular formula is C17H15Cl2N3O6S2. The van der Waals surface area contributed by atoms with Gasteiger partial charge in [-0.1, -0.05) is 23.2 Å². The fraction of sp³-hybridized carbons (Fsp3) is 0.235. The summed E-state index contributed by atoms with van der Waals surface area (Å²) in [5.74, 6) is -2.46. The van der Waals surface area contributed by atoms with E-state index >= 15 is 0 Å². The lowest BCUT2D eigenvalue weighted by Crippen LogP contribution is -2.26. The number of nitrogens with one attached hydrogen (secondary N) is 2.